The molecule has 15 heavy (non-hydrogen) atoms. The first-order chi connectivity index (χ1) is 6.77. The zero-order valence-electron chi connectivity index (χ0n) is 9.29. The van der Waals surface area contributed by atoms with Crippen LogP contribution in [0.25, 0.3) is 0 Å². The first-order valence-electron chi connectivity index (χ1n) is 4.77. The van der Waals surface area contributed by atoms with Crippen LogP contribution >= 0.6 is 0 Å². The molecule has 0 aliphatic heterocycles. The Labute approximate surface area is 88.9 Å². The lowest BCUT2D eigenvalue weighted by atomic mass is 9.97. The molecule has 0 unspecified atom stereocenters. The average molecular weight is 219 g/mol. The summed E-state index contributed by atoms with van der Waals surface area (Å²) in [5.74, 6) is -0.438. The molecule has 5 heteroatoms. The molecule has 0 amide bonds. The van der Waals surface area contributed by atoms with E-state index in [0.29, 0.717) is 6.21 Å². The van der Waals surface area contributed by atoms with E-state index in [1.54, 1.807) is 20.8 Å². The van der Waals surface area contributed by atoms with E-state index in [1.165, 1.54) is 0 Å². The number of rotatable bonds is 5. The van der Waals surface area contributed by atoms with Gasteiger partial charge in [0, 0.05) is 12.6 Å². The van der Waals surface area contributed by atoms with Gasteiger partial charge in [-0.25, -0.2) is 4.39 Å². The molecule has 0 aromatic rings. The van der Waals surface area contributed by atoms with Gasteiger partial charge in [0.15, 0.2) is 0 Å². The van der Waals surface area contributed by atoms with Crippen LogP contribution in [0.4, 0.5) is 4.39 Å². The maximum absolute atomic E-state index is 12.6. The van der Waals surface area contributed by atoms with E-state index in [4.69, 9.17) is 10.1 Å². The van der Waals surface area contributed by atoms with Crippen LogP contribution in [0.5, 0.6) is 0 Å². The van der Waals surface area contributed by atoms with Crippen LogP contribution in [-0.2, 0) is 9.53 Å². The molecule has 0 rings (SSSR count). The molecular weight excluding hydrogens is 201 g/mol. The summed E-state index contributed by atoms with van der Waals surface area (Å²) in [6.45, 7) is 4.84. The van der Waals surface area contributed by atoms with Crippen molar-refractivity contribution in [2.45, 2.75) is 39.5 Å². The monoisotopic (exact) mass is 219 g/mol. The number of carbonyl (C=O) groups is 1. The fourth-order valence-corrected chi connectivity index (χ4v) is 0.784. The molecule has 2 atom stereocenters. The van der Waals surface area contributed by atoms with Gasteiger partial charge < -0.3 is 15.3 Å². The second kappa shape index (κ2) is 5.80. The van der Waals surface area contributed by atoms with Crippen LogP contribution in [0.2, 0.25) is 0 Å². The number of nitrogens with one attached hydrogen (secondary N) is 1. The summed E-state index contributed by atoms with van der Waals surface area (Å²) in [6, 6.07) is 0. The van der Waals surface area contributed by atoms with Gasteiger partial charge in [0.05, 0.1) is 11.5 Å². The Morgan fingerprint density at radius 3 is 2.53 bits per heavy atom. The van der Waals surface area contributed by atoms with Crippen molar-refractivity contribution in [3.8, 4) is 0 Å². The van der Waals surface area contributed by atoms with Crippen LogP contribution in [0.3, 0.4) is 0 Å². The minimum Gasteiger partial charge on any atom is -0.463 e. The highest BCUT2D eigenvalue weighted by atomic mass is 19.1. The minimum absolute atomic E-state index is 0.221. The van der Waals surface area contributed by atoms with Crippen molar-refractivity contribution in [1.29, 1.82) is 5.41 Å². The van der Waals surface area contributed by atoms with E-state index in [1.807, 2.05) is 0 Å². The lowest BCUT2D eigenvalue weighted by Crippen LogP contribution is -2.28. The van der Waals surface area contributed by atoms with Crippen LogP contribution in [0, 0.1) is 10.8 Å². The Kier molecular flexibility index (Phi) is 5.43. The van der Waals surface area contributed by atoms with Gasteiger partial charge in [-0.3, -0.25) is 4.79 Å². The van der Waals surface area contributed by atoms with Crippen LogP contribution in [0.15, 0.2) is 0 Å². The topological polar surface area (TPSA) is 70.4 Å². The number of esters is 1. The van der Waals surface area contributed by atoms with Crippen LogP contribution < -0.4 is 0 Å². The highest BCUT2D eigenvalue weighted by Crippen LogP contribution is 2.15. The normalized spacial score (nSPS) is 15.5. The number of halogens is 1. The molecule has 4 nitrogen and oxygen atoms in total. The molecule has 0 aromatic heterocycles. The number of hydrogen-bond donors (Lipinski definition) is 2. The Balaban J connectivity index is 3.86. The molecule has 0 saturated carbocycles. The molecule has 0 aromatic carbocycles. The van der Waals surface area contributed by atoms with E-state index >= 15 is 0 Å². The molecule has 0 heterocycles. The number of alkyl halides is 1. The Hall–Kier alpha value is -0.970. The largest absolute Gasteiger partial charge is 0.463 e. The third-order valence-corrected chi connectivity index (χ3v) is 1.70. The lowest BCUT2D eigenvalue weighted by Gasteiger charge is -2.18. The number of aliphatic hydroxyl groups is 1. The Morgan fingerprint density at radius 1 is 1.60 bits per heavy atom. The van der Waals surface area contributed by atoms with Gasteiger partial charge in [-0.1, -0.05) is 0 Å². The molecule has 0 saturated heterocycles. The second-order valence-corrected chi connectivity index (χ2v) is 4.42. The van der Waals surface area contributed by atoms with Crippen LogP contribution in [0.1, 0.15) is 27.2 Å². The summed E-state index contributed by atoms with van der Waals surface area (Å²) in [5.41, 5.74) is -0.629. The van der Waals surface area contributed by atoms with Crippen molar-refractivity contribution in [2.75, 3.05) is 6.61 Å². The number of ether oxygens (including phenoxy) is 1. The zero-order chi connectivity index (χ0) is 12.1. The van der Waals surface area contributed by atoms with Crippen molar-refractivity contribution in [1.82, 2.24) is 0 Å². The van der Waals surface area contributed by atoms with Gasteiger partial charge in [0.1, 0.15) is 12.8 Å². The predicted octanol–water partition coefficient (Wildman–Crippen LogP) is 1.31. The van der Waals surface area contributed by atoms with E-state index in [-0.39, 0.29) is 13.0 Å². The summed E-state index contributed by atoms with van der Waals surface area (Å²) in [5, 5.41) is 15.8. The minimum atomic E-state index is -1.49. The fraction of sp³-hybridized carbons (Fsp3) is 0.800. The standard InChI is InChI=1S/C10H18FNO3/c1-10(2,3)9(14)15-6-8(13)4-7(11)5-12/h5,7-8,12-13H,4,6H2,1-3H3/t7-,8-/m0/s1. The molecule has 0 aliphatic rings. The molecule has 0 radical (unpaired) electrons. The van der Waals surface area contributed by atoms with Gasteiger partial charge >= 0.3 is 5.97 Å². The zero-order valence-corrected chi connectivity index (χ0v) is 9.29. The van der Waals surface area contributed by atoms with E-state index in [9.17, 15) is 14.3 Å². The third kappa shape index (κ3) is 6.17. The summed E-state index contributed by atoms with van der Waals surface area (Å²) < 4.78 is 17.4. The molecular formula is C10H18FNO3. The molecule has 0 aliphatic carbocycles. The first-order valence-corrected chi connectivity index (χ1v) is 4.77. The summed E-state index contributed by atoms with van der Waals surface area (Å²) >= 11 is 0. The van der Waals surface area contributed by atoms with Crippen LogP contribution in [-0.4, -0.2) is 36.2 Å². The summed E-state index contributed by atoms with van der Waals surface area (Å²) in [7, 11) is 0. The predicted molar refractivity (Wildman–Crippen MR) is 54.7 cm³/mol. The molecule has 0 bridgehead atoms. The van der Waals surface area contributed by atoms with Gasteiger partial charge in [0.2, 0.25) is 0 Å². The van der Waals surface area contributed by atoms with Crippen molar-refractivity contribution in [2.24, 2.45) is 5.41 Å². The van der Waals surface area contributed by atoms with E-state index in [2.05, 4.69) is 0 Å². The highest BCUT2D eigenvalue weighted by molar-refractivity contribution is 5.75. The molecule has 88 valence electrons. The maximum Gasteiger partial charge on any atom is 0.311 e. The number of hydrogen-bond acceptors (Lipinski definition) is 4. The quantitative estimate of drug-likeness (QED) is 0.541. The smallest absolute Gasteiger partial charge is 0.311 e. The summed E-state index contributed by atoms with van der Waals surface area (Å²) in [4.78, 5) is 11.3. The van der Waals surface area contributed by atoms with Crippen molar-refractivity contribution in [3.05, 3.63) is 0 Å². The van der Waals surface area contributed by atoms with Crippen molar-refractivity contribution < 1.29 is 19.0 Å². The fourth-order valence-electron chi connectivity index (χ4n) is 0.784. The Morgan fingerprint density at radius 2 is 2.13 bits per heavy atom. The van der Waals surface area contributed by atoms with Gasteiger partial charge in [-0.2, -0.15) is 0 Å². The average Bonchev–Trinajstić information content (AvgIpc) is 2.12. The lowest BCUT2D eigenvalue weighted by molar-refractivity contribution is -0.156. The van der Waals surface area contributed by atoms with Gasteiger partial charge in [0.25, 0.3) is 0 Å². The summed E-state index contributed by atoms with van der Waals surface area (Å²) in [6.07, 6.45) is -2.17. The SMILES string of the molecule is CC(C)(C)C(=O)OC[C@@H](O)C[C@H](F)C=N. The molecule has 0 spiro atoms. The maximum atomic E-state index is 12.6. The van der Waals surface area contributed by atoms with E-state index in [0.717, 1.165) is 0 Å². The van der Waals surface area contributed by atoms with Gasteiger partial charge in [-0.05, 0) is 20.8 Å². The Bertz CT molecular complexity index is 225. The molecule has 2 N–H and O–H groups in total. The van der Waals surface area contributed by atoms with Gasteiger partial charge in [-0.15, -0.1) is 0 Å². The highest BCUT2D eigenvalue weighted by Gasteiger charge is 2.24. The first kappa shape index (κ1) is 14.0. The molecule has 0 fully saturated rings. The number of carbonyl (C=O) groups excluding carboxylic acids is 1. The number of aliphatic hydroxyl groups excluding tert-OH is 1. The second-order valence-electron chi connectivity index (χ2n) is 4.42. The van der Waals surface area contributed by atoms with E-state index < -0.39 is 23.7 Å². The third-order valence-electron chi connectivity index (χ3n) is 1.70. The van der Waals surface area contributed by atoms with Crippen molar-refractivity contribution in [3.63, 3.8) is 0 Å². The van der Waals surface area contributed by atoms with Crippen molar-refractivity contribution >= 4 is 12.2 Å².